The maximum Gasteiger partial charge on any atom is 0.259 e. The first-order valence-corrected chi connectivity index (χ1v) is 20.8. The summed E-state index contributed by atoms with van der Waals surface area (Å²) in [6, 6.07) is 52.3. The Morgan fingerprint density at radius 2 is 0.576 bits per heavy atom. The van der Waals surface area contributed by atoms with Gasteiger partial charge >= 0.3 is 0 Å². The number of carbonyl (C=O) groups excluding carboxylic acids is 3. The van der Waals surface area contributed by atoms with Crippen molar-refractivity contribution in [1.29, 1.82) is 0 Å². The molecule has 10 aromatic rings. The van der Waals surface area contributed by atoms with Gasteiger partial charge in [0, 0.05) is 17.1 Å². The number of phenols is 3. The van der Waals surface area contributed by atoms with E-state index in [9.17, 15) is 29.7 Å². The van der Waals surface area contributed by atoms with Gasteiger partial charge in [0.1, 0.15) is 17.2 Å². The fourth-order valence-corrected chi connectivity index (χ4v) is 8.08. The van der Waals surface area contributed by atoms with E-state index in [4.69, 9.17) is 15.0 Å². The number of fused-ring (bicyclic) bond motifs is 3. The lowest BCUT2D eigenvalue weighted by Crippen LogP contribution is -2.14. The van der Waals surface area contributed by atoms with Crippen molar-refractivity contribution in [3.05, 3.63) is 199 Å². The second kappa shape index (κ2) is 17.0. The Kier molecular flexibility index (Phi) is 10.5. The Morgan fingerprint density at radius 1 is 0.333 bits per heavy atom. The van der Waals surface area contributed by atoms with Gasteiger partial charge in [-0.25, -0.2) is 15.0 Å². The molecule has 0 saturated carbocycles. The second-order valence-corrected chi connectivity index (χ2v) is 15.4. The zero-order valence-corrected chi connectivity index (χ0v) is 34.7. The lowest BCUT2D eigenvalue weighted by Gasteiger charge is -2.18. The number of para-hydroxylation sites is 3. The standard InChI is InChI=1S/C54H36N6O6/c61-46-40(52(64)55-34-19-4-1-5-20-34)28-31-16-10-13-25-37(31)43(46)49-58-50(44-38-26-14-11-17-32(38)29-41(47(44)62)53(65)56-35-21-6-2-7-22-35)60-51(59-49)45-39-27-15-12-18-33(39)30-42(48(45)63)54(66)57-36-23-8-3-9-24-36/h1-30,61-63H,(H,55,64)(H,56,65)(H,57,66). The molecule has 0 aliphatic rings. The summed E-state index contributed by atoms with van der Waals surface area (Å²) in [5, 5.41) is 48.6. The molecule has 10 rings (SSSR count). The van der Waals surface area contributed by atoms with Crippen LogP contribution in [0.4, 0.5) is 17.1 Å². The average Bonchev–Trinajstić information content (AvgIpc) is 3.34. The topological polar surface area (TPSA) is 187 Å². The maximum atomic E-state index is 14.0. The van der Waals surface area contributed by atoms with E-state index in [0.29, 0.717) is 49.4 Å². The smallest absolute Gasteiger partial charge is 0.259 e. The van der Waals surface area contributed by atoms with Gasteiger partial charge in [0.2, 0.25) is 0 Å². The molecule has 0 radical (unpaired) electrons. The second-order valence-electron chi connectivity index (χ2n) is 15.4. The van der Waals surface area contributed by atoms with Gasteiger partial charge in [0.15, 0.2) is 17.5 Å². The van der Waals surface area contributed by atoms with Crippen LogP contribution in [0.3, 0.4) is 0 Å². The van der Waals surface area contributed by atoms with Crippen molar-refractivity contribution in [1.82, 2.24) is 15.0 Å². The zero-order chi connectivity index (χ0) is 45.3. The summed E-state index contributed by atoms with van der Waals surface area (Å²) >= 11 is 0. The quantitative estimate of drug-likeness (QED) is 0.0821. The first-order chi connectivity index (χ1) is 32.2. The first-order valence-electron chi connectivity index (χ1n) is 20.8. The van der Waals surface area contributed by atoms with Gasteiger partial charge in [-0.1, -0.05) is 127 Å². The number of nitrogens with zero attached hydrogens (tertiary/aromatic N) is 3. The molecule has 0 atom stereocenters. The van der Waals surface area contributed by atoms with E-state index in [1.54, 1.807) is 164 Å². The largest absolute Gasteiger partial charge is 0.506 e. The van der Waals surface area contributed by atoms with Crippen molar-refractivity contribution < 1.29 is 29.7 Å². The van der Waals surface area contributed by atoms with E-state index in [0.717, 1.165) is 0 Å². The zero-order valence-electron chi connectivity index (χ0n) is 34.7. The van der Waals surface area contributed by atoms with Gasteiger partial charge in [0.25, 0.3) is 17.7 Å². The van der Waals surface area contributed by atoms with Crippen LogP contribution in [-0.2, 0) is 0 Å². The van der Waals surface area contributed by atoms with Crippen LogP contribution in [0, 0.1) is 0 Å². The molecule has 0 aliphatic heterocycles. The van der Waals surface area contributed by atoms with Crippen LogP contribution in [0.15, 0.2) is 182 Å². The van der Waals surface area contributed by atoms with Crippen LogP contribution in [0.5, 0.6) is 17.2 Å². The molecule has 12 nitrogen and oxygen atoms in total. The summed E-state index contributed by atoms with van der Waals surface area (Å²) in [5.41, 5.74) is 1.36. The number of aromatic nitrogens is 3. The summed E-state index contributed by atoms with van der Waals surface area (Å²) in [5.74, 6) is -3.65. The number of phenolic OH excluding ortho intramolecular Hbond substituents is 3. The van der Waals surface area contributed by atoms with Gasteiger partial charge in [0.05, 0.1) is 33.4 Å². The molecule has 3 amide bonds. The van der Waals surface area contributed by atoms with E-state index in [1.165, 1.54) is 0 Å². The van der Waals surface area contributed by atoms with Crippen LogP contribution < -0.4 is 16.0 Å². The van der Waals surface area contributed by atoms with Gasteiger partial charge in [-0.2, -0.15) is 0 Å². The highest BCUT2D eigenvalue weighted by Crippen LogP contribution is 2.45. The van der Waals surface area contributed by atoms with Gasteiger partial charge in [-0.3, -0.25) is 14.4 Å². The highest BCUT2D eigenvalue weighted by Gasteiger charge is 2.29. The number of benzene rings is 9. The van der Waals surface area contributed by atoms with Crippen molar-refractivity contribution in [3.8, 4) is 51.4 Å². The van der Waals surface area contributed by atoms with Crippen LogP contribution in [0.25, 0.3) is 66.5 Å². The lowest BCUT2D eigenvalue weighted by molar-refractivity contribution is 0.101. The first kappa shape index (κ1) is 40.6. The Bertz CT molecular complexity index is 3170. The third-order valence-electron chi connectivity index (χ3n) is 11.2. The fraction of sp³-hybridized carbons (Fsp3) is 0. The molecule has 1 aromatic heterocycles. The summed E-state index contributed by atoms with van der Waals surface area (Å²) in [6.45, 7) is 0. The number of hydrogen-bond acceptors (Lipinski definition) is 9. The summed E-state index contributed by atoms with van der Waals surface area (Å²) in [6.07, 6.45) is 0. The predicted molar refractivity (Wildman–Crippen MR) is 257 cm³/mol. The van der Waals surface area contributed by atoms with Gasteiger partial charge in [-0.05, 0) is 86.9 Å². The van der Waals surface area contributed by atoms with Crippen molar-refractivity contribution >= 4 is 67.1 Å². The molecular weight excluding hydrogens is 829 g/mol. The van der Waals surface area contributed by atoms with Crippen molar-refractivity contribution in [2.24, 2.45) is 0 Å². The molecule has 318 valence electrons. The third-order valence-corrected chi connectivity index (χ3v) is 11.2. The molecule has 0 bridgehead atoms. The summed E-state index contributed by atoms with van der Waals surface area (Å²) < 4.78 is 0. The van der Waals surface area contributed by atoms with E-state index >= 15 is 0 Å². The van der Waals surface area contributed by atoms with E-state index < -0.39 is 35.0 Å². The van der Waals surface area contributed by atoms with Crippen LogP contribution in [0.2, 0.25) is 0 Å². The van der Waals surface area contributed by atoms with E-state index in [2.05, 4.69) is 16.0 Å². The maximum absolute atomic E-state index is 14.0. The fourth-order valence-electron chi connectivity index (χ4n) is 8.08. The van der Waals surface area contributed by atoms with E-state index in [-0.39, 0.29) is 50.9 Å². The van der Waals surface area contributed by atoms with Crippen LogP contribution in [0.1, 0.15) is 31.1 Å². The Labute approximate surface area is 376 Å². The highest BCUT2D eigenvalue weighted by molar-refractivity contribution is 6.15. The minimum absolute atomic E-state index is 0.0414. The molecule has 12 heteroatoms. The van der Waals surface area contributed by atoms with Gasteiger partial charge < -0.3 is 31.3 Å². The minimum Gasteiger partial charge on any atom is -0.506 e. The molecule has 0 spiro atoms. The average molecular weight is 865 g/mol. The molecule has 9 aromatic carbocycles. The molecule has 6 N–H and O–H groups in total. The van der Waals surface area contributed by atoms with Crippen molar-refractivity contribution in [2.45, 2.75) is 0 Å². The summed E-state index contributed by atoms with van der Waals surface area (Å²) in [7, 11) is 0. The number of amides is 3. The van der Waals surface area contributed by atoms with Crippen LogP contribution in [-0.4, -0.2) is 48.0 Å². The summed E-state index contributed by atoms with van der Waals surface area (Å²) in [4.78, 5) is 56.9. The minimum atomic E-state index is -0.609. The SMILES string of the molecule is O=C(Nc1ccccc1)c1cc2ccccc2c(-c2nc(-c3c(O)c(C(=O)Nc4ccccc4)cc4ccccc34)nc(-c3c(O)c(C(=O)Nc4ccccc4)cc4ccccc34)n2)c1O. The predicted octanol–water partition coefficient (Wildman–Crippen LogP) is 11.2. The molecule has 0 fully saturated rings. The molecule has 0 saturated heterocycles. The molecule has 0 aliphatic carbocycles. The lowest BCUT2D eigenvalue weighted by atomic mass is 9.96. The number of aromatic hydroxyl groups is 3. The number of anilines is 3. The number of rotatable bonds is 9. The van der Waals surface area contributed by atoms with E-state index in [1.807, 2.05) is 18.2 Å². The number of carbonyl (C=O) groups is 3. The number of nitrogens with one attached hydrogen (secondary N) is 3. The van der Waals surface area contributed by atoms with Crippen molar-refractivity contribution in [3.63, 3.8) is 0 Å². The Morgan fingerprint density at radius 3 is 0.848 bits per heavy atom. The molecule has 1 heterocycles. The van der Waals surface area contributed by atoms with Gasteiger partial charge in [-0.15, -0.1) is 0 Å². The molecule has 0 unspecified atom stereocenters. The Hall–Kier alpha value is -9.42. The normalized spacial score (nSPS) is 11.1. The Balaban J connectivity index is 1.26. The molecule has 66 heavy (non-hydrogen) atoms. The molecular formula is C54H36N6O6. The van der Waals surface area contributed by atoms with Crippen molar-refractivity contribution in [2.75, 3.05) is 16.0 Å². The van der Waals surface area contributed by atoms with Crippen LogP contribution >= 0.6 is 0 Å². The monoisotopic (exact) mass is 864 g/mol. The highest BCUT2D eigenvalue weighted by atomic mass is 16.3. The number of hydrogen-bond donors (Lipinski definition) is 6. The third kappa shape index (κ3) is 7.60.